The van der Waals surface area contributed by atoms with Gasteiger partial charge >= 0.3 is 0 Å². The number of carbonyl (C=O) groups excluding carboxylic acids is 2. The SMILES string of the molecule is Cc1ccc(S(=O)(=O)Nc2cccc(C(=O)N3CC(=O)Nc4ccccc43)c2)cc1. The molecule has 3 aromatic rings. The number of hydrogen-bond donors (Lipinski definition) is 2. The molecule has 0 unspecified atom stereocenters. The van der Waals surface area contributed by atoms with Crippen LogP contribution in [0, 0.1) is 6.92 Å². The Balaban J connectivity index is 1.62. The Morgan fingerprint density at radius 1 is 1.00 bits per heavy atom. The fourth-order valence-corrected chi connectivity index (χ4v) is 4.27. The molecule has 2 amide bonds. The Labute approximate surface area is 174 Å². The first-order chi connectivity index (χ1) is 14.3. The van der Waals surface area contributed by atoms with Crippen LogP contribution in [0.2, 0.25) is 0 Å². The van der Waals surface area contributed by atoms with E-state index in [0.29, 0.717) is 11.4 Å². The molecule has 0 atom stereocenters. The molecule has 7 nitrogen and oxygen atoms in total. The van der Waals surface area contributed by atoms with Gasteiger partial charge in [-0.05, 0) is 49.4 Å². The van der Waals surface area contributed by atoms with Gasteiger partial charge in [-0.1, -0.05) is 35.9 Å². The van der Waals surface area contributed by atoms with Crippen molar-refractivity contribution in [2.45, 2.75) is 11.8 Å². The van der Waals surface area contributed by atoms with E-state index in [4.69, 9.17) is 0 Å². The van der Waals surface area contributed by atoms with Crippen LogP contribution in [0.15, 0.2) is 77.7 Å². The predicted octanol–water partition coefficient (Wildman–Crippen LogP) is 3.39. The van der Waals surface area contributed by atoms with Crippen molar-refractivity contribution in [2.75, 3.05) is 21.5 Å². The Kier molecular flexibility index (Phi) is 5.01. The summed E-state index contributed by atoms with van der Waals surface area (Å²) < 4.78 is 27.8. The lowest BCUT2D eigenvalue weighted by Crippen LogP contribution is -2.42. The highest BCUT2D eigenvalue weighted by atomic mass is 32.2. The molecule has 0 saturated carbocycles. The molecule has 8 heteroatoms. The summed E-state index contributed by atoms with van der Waals surface area (Å²) in [7, 11) is -3.79. The standard InChI is InChI=1S/C22H19N3O4S/c1-15-9-11-18(12-10-15)30(28,29)24-17-6-4-5-16(13-17)22(27)25-14-21(26)23-19-7-2-3-8-20(19)25/h2-13,24H,14H2,1H3,(H,23,26). The van der Waals surface area contributed by atoms with E-state index in [1.807, 2.05) is 6.92 Å². The summed E-state index contributed by atoms with van der Waals surface area (Å²) in [5, 5.41) is 2.74. The zero-order valence-electron chi connectivity index (χ0n) is 16.1. The van der Waals surface area contributed by atoms with Crippen molar-refractivity contribution in [1.82, 2.24) is 0 Å². The van der Waals surface area contributed by atoms with E-state index in [2.05, 4.69) is 10.0 Å². The highest BCUT2D eigenvalue weighted by Crippen LogP contribution is 2.30. The molecule has 0 aliphatic carbocycles. The third-order valence-electron chi connectivity index (χ3n) is 4.71. The summed E-state index contributed by atoms with van der Waals surface area (Å²) in [6, 6.07) is 19.7. The lowest BCUT2D eigenvalue weighted by Gasteiger charge is -2.29. The summed E-state index contributed by atoms with van der Waals surface area (Å²) >= 11 is 0. The van der Waals surface area contributed by atoms with Crippen molar-refractivity contribution >= 4 is 38.9 Å². The smallest absolute Gasteiger partial charge is 0.261 e. The highest BCUT2D eigenvalue weighted by molar-refractivity contribution is 7.92. The molecule has 30 heavy (non-hydrogen) atoms. The largest absolute Gasteiger partial charge is 0.323 e. The van der Waals surface area contributed by atoms with Crippen LogP contribution in [0.3, 0.4) is 0 Å². The molecule has 0 saturated heterocycles. The summed E-state index contributed by atoms with van der Waals surface area (Å²) in [6.07, 6.45) is 0. The number of aryl methyl sites for hydroxylation is 1. The number of amides is 2. The molecular weight excluding hydrogens is 402 g/mol. The summed E-state index contributed by atoms with van der Waals surface area (Å²) in [6.45, 7) is 1.76. The van der Waals surface area contributed by atoms with Gasteiger partial charge < -0.3 is 5.32 Å². The van der Waals surface area contributed by atoms with E-state index in [-0.39, 0.29) is 28.6 Å². The first-order valence-corrected chi connectivity index (χ1v) is 10.7. The number of anilines is 3. The van der Waals surface area contributed by atoms with Crippen LogP contribution < -0.4 is 14.9 Å². The van der Waals surface area contributed by atoms with Crippen LogP contribution in [-0.2, 0) is 14.8 Å². The van der Waals surface area contributed by atoms with E-state index in [9.17, 15) is 18.0 Å². The van der Waals surface area contributed by atoms with Gasteiger partial charge in [0.15, 0.2) is 0 Å². The summed E-state index contributed by atoms with van der Waals surface area (Å²) in [4.78, 5) is 26.6. The van der Waals surface area contributed by atoms with Crippen LogP contribution in [-0.4, -0.2) is 26.8 Å². The van der Waals surface area contributed by atoms with Gasteiger partial charge in [0.05, 0.1) is 16.3 Å². The zero-order chi connectivity index (χ0) is 21.3. The minimum Gasteiger partial charge on any atom is -0.323 e. The minimum absolute atomic E-state index is 0.116. The molecule has 4 rings (SSSR count). The molecule has 1 aliphatic rings. The average Bonchev–Trinajstić information content (AvgIpc) is 2.73. The van der Waals surface area contributed by atoms with Crippen LogP contribution >= 0.6 is 0 Å². The Morgan fingerprint density at radius 2 is 1.73 bits per heavy atom. The number of benzene rings is 3. The Hall–Kier alpha value is -3.65. The topological polar surface area (TPSA) is 95.6 Å². The van der Waals surface area contributed by atoms with Gasteiger partial charge in [-0.15, -0.1) is 0 Å². The summed E-state index contributed by atoms with van der Waals surface area (Å²) in [5.74, 6) is -0.688. The number of nitrogens with zero attached hydrogens (tertiary/aromatic N) is 1. The number of rotatable bonds is 4. The van der Waals surface area contributed by atoms with Crippen molar-refractivity contribution in [2.24, 2.45) is 0 Å². The van der Waals surface area contributed by atoms with E-state index in [0.717, 1.165) is 5.56 Å². The molecule has 2 N–H and O–H groups in total. The first-order valence-electron chi connectivity index (χ1n) is 9.24. The van der Waals surface area contributed by atoms with Crippen molar-refractivity contribution in [3.8, 4) is 0 Å². The van der Waals surface area contributed by atoms with Crippen molar-refractivity contribution in [3.63, 3.8) is 0 Å². The van der Waals surface area contributed by atoms with Crippen LogP contribution in [0.1, 0.15) is 15.9 Å². The van der Waals surface area contributed by atoms with Crippen LogP contribution in [0.25, 0.3) is 0 Å². The molecule has 152 valence electrons. The number of fused-ring (bicyclic) bond motifs is 1. The van der Waals surface area contributed by atoms with Gasteiger partial charge in [0, 0.05) is 11.3 Å². The maximum absolute atomic E-state index is 13.1. The van der Waals surface area contributed by atoms with Crippen molar-refractivity contribution < 1.29 is 18.0 Å². The van der Waals surface area contributed by atoms with Crippen molar-refractivity contribution in [3.05, 3.63) is 83.9 Å². The maximum Gasteiger partial charge on any atom is 0.261 e. The normalized spacial score (nSPS) is 13.4. The third-order valence-corrected chi connectivity index (χ3v) is 6.11. The van der Waals surface area contributed by atoms with Gasteiger partial charge in [0.25, 0.3) is 15.9 Å². The first kappa shape index (κ1) is 19.7. The fourth-order valence-electron chi connectivity index (χ4n) is 3.22. The quantitative estimate of drug-likeness (QED) is 0.675. The highest BCUT2D eigenvalue weighted by Gasteiger charge is 2.27. The maximum atomic E-state index is 13.1. The van der Waals surface area contributed by atoms with E-state index in [1.54, 1.807) is 54.6 Å². The fraction of sp³-hybridized carbons (Fsp3) is 0.0909. The number of hydrogen-bond acceptors (Lipinski definition) is 4. The average molecular weight is 421 g/mol. The lowest BCUT2D eigenvalue weighted by molar-refractivity contribution is -0.115. The molecule has 0 bridgehead atoms. The molecular formula is C22H19N3O4S. The summed E-state index contributed by atoms with van der Waals surface area (Å²) in [5.41, 5.74) is 2.62. The van der Waals surface area contributed by atoms with E-state index in [1.165, 1.54) is 23.1 Å². The second kappa shape index (κ2) is 7.64. The van der Waals surface area contributed by atoms with Gasteiger partial charge in [0.1, 0.15) is 6.54 Å². The number of nitrogens with one attached hydrogen (secondary N) is 2. The zero-order valence-corrected chi connectivity index (χ0v) is 16.9. The lowest BCUT2D eigenvalue weighted by atomic mass is 10.1. The number of carbonyl (C=O) groups is 2. The monoisotopic (exact) mass is 421 g/mol. The van der Waals surface area contributed by atoms with Gasteiger partial charge in [-0.2, -0.15) is 0 Å². The van der Waals surface area contributed by atoms with Gasteiger partial charge in [-0.25, -0.2) is 8.42 Å². The third kappa shape index (κ3) is 3.90. The molecule has 0 radical (unpaired) electrons. The Morgan fingerprint density at radius 3 is 2.50 bits per heavy atom. The van der Waals surface area contributed by atoms with Crippen LogP contribution in [0.4, 0.5) is 17.1 Å². The van der Waals surface area contributed by atoms with E-state index >= 15 is 0 Å². The molecule has 0 fully saturated rings. The molecule has 0 aromatic heterocycles. The molecule has 0 spiro atoms. The number of para-hydroxylation sites is 2. The van der Waals surface area contributed by atoms with Crippen LogP contribution in [0.5, 0.6) is 0 Å². The second-order valence-corrected chi connectivity index (χ2v) is 8.64. The number of sulfonamides is 1. The van der Waals surface area contributed by atoms with E-state index < -0.39 is 15.9 Å². The predicted molar refractivity (Wildman–Crippen MR) is 115 cm³/mol. The van der Waals surface area contributed by atoms with Gasteiger partial charge in [-0.3, -0.25) is 19.2 Å². The molecule has 1 aliphatic heterocycles. The minimum atomic E-state index is -3.79. The second-order valence-electron chi connectivity index (χ2n) is 6.96. The Bertz CT molecular complexity index is 1240. The van der Waals surface area contributed by atoms with Gasteiger partial charge in [0.2, 0.25) is 5.91 Å². The molecule has 1 heterocycles. The van der Waals surface area contributed by atoms with Crippen molar-refractivity contribution in [1.29, 1.82) is 0 Å². The molecule has 3 aromatic carbocycles.